The van der Waals surface area contributed by atoms with Gasteiger partial charge >= 0.3 is 0 Å². The molecule has 0 aliphatic heterocycles. The molecule has 1 aromatic rings. The van der Waals surface area contributed by atoms with Crippen LogP contribution in [0.2, 0.25) is 0 Å². The quantitative estimate of drug-likeness (QED) is 0.748. The van der Waals surface area contributed by atoms with Crippen molar-refractivity contribution >= 4 is 0 Å². The molecule has 1 N–H and O–H groups in total. The second kappa shape index (κ2) is 4.43. The minimum absolute atomic E-state index is 0.555. The summed E-state index contributed by atoms with van der Waals surface area (Å²) in [5.74, 6) is 0. The van der Waals surface area contributed by atoms with Crippen molar-refractivity contribution in [2.45, 2.75) is 40.3 Å². The monoisotopic (exact) mass is 177 g/mol. The van der Waals surface area contributed by atoms with E-state index in [0.29, 0.717) is 6.04 Å². The molecule has 0 aliphatic rings. The van der Waals surface area contributed by atoms with Crippen molar-refractivity contribution in [1.29, 1.82) is 0 Å². The van der Waals surface area contributed by atoms with E-state index in [9.17, 15) is 0 Å². The van der Waals surface area contributed by atoms with Gasteiger partial charge in [-0.15, -0.1) is 0 Å². The minimum Gasteiger partial charge on any atom is -0.310 e. The van der Waals surface area contributed by atoms with Crippen LogP contribution in [0, 0.1) is 13.8 Å². The molecule has 0 heterocycles. The van der Waals surface area contributed by atoms with Crippen molar-refractivity contribution < 1.29 is 0 Å². The predicted molar refractivity (Wildman–Crippen MR) is 57.9 cm³/mol. The summed E-state index contributed by atoms with van der Waals surface area (Å²) in [4.78, 5) is 0. The molecule has 1 aromatic carbocycles. The Labute approximate surface area is 81.2 Å². The maximum Gasteiger partial charge on any atom is 0.0213 e. The van der Waals surface area contributed by atoms with E-state index in [2.05, 4.69) is 51.2 Å². The molecule has 1 nitrogen and oxygen atoms in total. The molecule has 0 radical (unpaired) electrons. The molecule has 0 aromatic heterocycles. The van der Waals surface area contributed by atoms with Gasteiger partial charge in [0.2, 0.25) is 0 Å². The third-order valence-electron chi connectivity index (χ3n) is 2.33. The zero-order valence-corrected chi connectivity index (χ0v) is 9.02. The van der Waals surface area contributed by atoms with Crippen molar-refractivity contribution in [2.24, 2.45) is 0 Å². The average Bonchev–Trinajstić information content (AvgIpc) is 2.03. The van der Waals surface area contributed by atoms with E-state index in [1.807, 2.05) is 0 Å². The lowest BCUT2D eigenvalue weighted by Gasteiger charge is -2.12. The topological polar surface area (TPSA) is 12.0 Å². The molecule has 0 atom stereocenters. The van der Waals surface area contributed by atoms with Crippen molar-refractivity contribution in [1.82, 2.24) is 5.32 Å². The molecular weight excluding hydrogens is 158 g/mol. The minimum atomic E-state index is 0.555. The van der Waals surface area contributed by atoms with Crippen LogP contribution >= 0.6 is 0 Å². The third kappa shape index (κ3) is 2.85. The Morgan fingerprint density at radius 2 is 1.69 bits per heavy atom. The van der Waals surface area contributed by atoms with Crippen LogP contribution in [0.25, 0.3) is 0 Å². The van der Waals surface area contributed by atoms with Crippen LogP contribution in [0.3, 0.4) is 0 Å². The SMILES string of the molecule is Cc1cccc(C)c1CNC(C)C. The van der Waals surface area contributed by atoms with Crippen molar-refractivity contribution in [2.75, 3.05) is 0 Å². The van der Waals surface area contributed by atoms with Gasteiger partial charge in [0.15, 0.2) is 0 Å². The first-order valence-electron chi connectivity index (χ1n) is 4.89. The molecule has 0 saturated carbocycles. The fourth-order valence-electron chi connectivity index (χ4n) is 1.43. The van der Waals surface area contributed by atoms with Crippen molar-refractivity contribution in [3.05, 3.63) is 34.9 Å². The molecular formula is C12H19N. The molecule has 0 unspecified atom stereocenters. The molecule has 1 heteroatoms. The smallest absolute Gasteiger partial charge is 0.0213 e. The molecule has 0 saturated heterocycles. The second-order valence-corrected chi connectivity index (χ2v) is 3.91. The highest BCUT2D eigenvalue weighted by Gasteiger charge is 2.01. The van der Waals surface area contributed by atoms with Crippen LogP contribution in [0.15, 0.2) is 18.2 Å². The predicted octanol–water partition coefficient (Wildman–Crippen LogP) is 2.80. The summed E-state index contributed by atoms with van der Waals surface area (Å²) < 4.78 is 0. The van der Waals surface area contributed by atoms with Gasteiger partial charge in [-0.2, -0.15) is 0 Å². The van der Waals surface area contributed by atoms with Gasteiger partial charge in [0.25, 0.3) is 0 Å². The number of hydrogen-bond acceptors (Lipinski definition) is 1. The average molecular weight is 177 g/mol. The summed E-state index contributed by atoms with van der Waals surface area (Å²) >= 11 is 0. The maximum absolute atomic E-state index is 3.44. The summed E-state index contributed by atoms with van der Waals surface area (Å²) in [5.41, 5.74) is 4.21. The zero-order valence-electron chi connectivity index (χ0n) is 9.02. The van der Waals surface area contributed by atoms with Crippen LogP contribution < -0.4 is 5.32 Å². The van der Waals surface area contributed by atoms with Gasteiger partial charge in [-0.05, 0) is 30.5 Å². The van der Waals surface area contributed by atoms with Crippen molar-refractivity contribution in [3.63, 3.8) is 0 Å². The molecule has 0 aliphatic carbocycles. The van der Waals surface area contributed by atoms with Gasteiger partial charge in [-0.25, -0.2) is 0 Å². The van der Waals surface area contributed by atoms with Gasteiger partial charge in [0, 0.05) is 12.6 Å². The Balaban J connectivity index is 2.75. The highest BCUT2D eigenvalue weighted by molar-refractivity contribution is 5.33. The fourth-order valence-corrected chi connectivity index (χ4v) is 1.43. The van der Waals surface area contributed by atoms with E-state index in [0.717, 1.165) is 6.54 Å². The van der Waals surface area contributed by atoms with E-state index in [1.54, 1.807) is 0 Å². The Hall–Kier alpha value is -0.820. The van der Waals surface area contributed by atoms with E-state index < -0.39 is 0 Å². The largest absolute Gasteiger partial charge is 0.310 e. The van der Waals surface area contributed by atoms with Gasteiger partial charge < -0.3 is 5.32 Å². The molecule has 13 heavy (non-hydrogen) atoms. The second-order valence-electron chi connectivity index (χ2n) is 3.91. The Bertz CT molecular complexity index is 256. The summed E-state index contributed by atoms with van der Waals surface area (Å²) in [5, 5.41) is 3.44. The van der Waals surface area contributed by atoms with E-state index in [-0.39, 0.29) is 0 Å². The van der Waals surface area contributed by atoms with Crippen LogP contribution in [-0.2, 0) is 6.54 Å². The van der Waals surface area contributed by atoms with Crippen LogP contribution in [-0.4, -0.2) is 6.04 Å². The maximum atomic E-state index is 3.44. The van der Waals surface area contributed by atoms with Crippen LogP contribution in [0.4, 0.5) is 0 Å². The lowest BCUT2D eigenvalue weighted by molar-refractivity contribution is 0.586. The van der Waals surface area contributed by atoms with Gasteiger partial charge in [-0.3, -0.25) is 0 Å². The van der Waals surface area contributed by atoms with E-state index >= 15 is 0 Å². The molecule has 0 bridgehead atoms. The molecule has 0 amide bonds. The third-order valence-corrected chi connectivity index (χ3v) is 2.33. The van der Waals surface area contributed by atoms with E-state index in [4.69, 9.17) is 0 Å². The summed E-state index contributed by atoms with van der Waals surface area (Å²) in [7, 11) is 0. The van der Waals surface area contributed by atoms with E-state index in [1.165, 1.54) is 16.7 Å². The van der Waals surface area contributed by atoms with Gasteiger partial charge in [-0.1, -0.05) is 32.0 Å². The fraction of sp³-hybridized carbons (Fsp3) is 0.500. The Morgan fingerprint density at radius 1 is 1.15 bits per heavy atom. The van der Waals surface area contributed by atoms with Crippen LogP contribution in [0.1, 0.15) is 30.5 Å². The lowest BCUT2D eigenvalue weighted by Crippen LogP contribution is -2.22. The standard InChI is InChI=1S/C12H19N/c1-9(2)13-8-12-10(3)6-5-7-11(12)4/h5-7,9,13H,8H2,1-4H3. The molecule has 0 fully saturated rings. The highest BCUT2D eigenvalue weighted by atomic mass is 14.9. The number of aryl methyl sites for hydroxylation is 2. The molecule has 0 spiro atoms. The summed E-state index contributed by atoms with van der Waals surface area (Å²) in [6.07, 6.45) is 0. The van der Waals surface area contributed by atoms with Gasteiger partial charge in [0.05, 0.1) is 0 Å². The number of hydrogen-bond donors (Lipinski definition) is 1. The first-order valence-corrected chi connectivity index (χ1v) is 4.89. The molecule has 1 rings (SSSR count). The normalized spacial score (nSPS) is 10.8. The lowest BCUT2D eigenvalue weighted by atomic mass is 10.0. The number of benzene rings is 1. The first-order chi connectivity index (χ1) is 6.11. The van der Waals surface area contributed by atoms with Gasteiger partial charge in [0.1, 0.15) is 0 Å². The number of nitrogens with one attached hydrogen (secondary N) is 1. The summed E-state index contributed by atoms with van der Waals surface area (Å²) in [6, 6.07) is 7.01. The highest BCUT2D eigenvalue weighted by Crippen LogP contribution is 2.12. The summed E-state index contributed by atoms with van der Waals surface area (Å²) in [6.45, 7) is 9.67. The first kappa shape index (κ1) is 10.3. The zero-order chi connectivity index (χ0) is 9.84. The Morgan fingerprint density at radius 3 is 2.15 bits per heavy atom. The van der Waals surface area contributed by atoms with Crippen molar-refractivity contribution in [3.8, 4) is 0 Å². The molecule has 72 valence electrons. The number of rotatable bonds is 3. The Kier molecular flexibility index (Phi) is 3.49. The van der Waals surface area contributed by atoms with Crippen LogP contribution in [0.5, 0.6) is 0 Å².